The summed E-state index contributed by atoms with van der Waals surface area (Å²) < 4.78 is 0. The summed E-state index contributed by atoms with van der Waals surface area (Å²) in [6.07, 6.45) is 7.63. The van der Waals surface area contributed by atoms with Crippen LogP contribution in [0.15, 0.2) is 25.3 Å². The van der Waals surface area contributed by atoms with Gasteiger partial charge in [0.05, 0.1) is 0 Å². The van der Waals surface area contributed by atoms with E-state index in [1.807, 2.05) is 4.90 Å². The largest absolute Gasteiger partial charge is 0.335 e. The van der Waals surface area contributed by atoms with Crippen molar-refractivity contribution in [1.29, 1.82) is 0 Å². The van der Waals surface area contributed by atoms with Gasteiger partial charge in [-0.25, -0.2) is 0 Å². The van der Waals surface area contributed by atoms with Gasteiger partial charge in [0.2, 0.25) is 5.91 Å². The van der Waals surface area contributed by atoms with Gasteiger partial charge >= 0.3 is 0 Å². The van der Waals surface area contributed by atoms with Gasteiger partial charge in [-0.1, -0.05) is 12.2 Å². The molecule has 1 saturated carbocycles. The number of carbonyl (C=O) groups is 2. The number of likely N-dealkylation sites (tertiary alicyclic amines) is 1. The van der Waals surface area contributed by atoms with Crippen molar-refractivity contribution in [1.82, 2.24) is 4.90 Å². The smallest absolute Gasteiger partial charge is 0.223 e. The van der Waals surface area contributed by atoms with E-state index in [-0.39, 0.29) is 23.8 Å². The zero-order chi connectivity index (χ0) is 13.1. The molecular weight excluding hydrogens is 226 g/mol. The van der Waals surface area contributed by atoms with Gasteiger partial charge < -0.3 is 4.90 Å². The summed E-state index contributed by atoms with van der Waals surface area (Å²) in [4.78, 5) is 26.0. The van der Waals surface area contributed by atoms with E-state index in [2.05, 4.69) is 13.2 Å². The Bertz CT molecular complexity index is 371. The maximum Gasteiger partial charge on any atom is 0.223 e. The Hall–Kier alpha value is -1.38. The number of hydrogen-bond donors (Lipinski definition) is 0. The molecule has 1 amide bonds. The lowest BCUT2D eigenvalue weighted by molar-refractivity contribution is -0.131. The lowest BCUT2D eigenvalue weighted by atomic mass is 9.87. The van der Waals surface area contributed by atoms with E-state index < -0.39 is 0 Å². The summed E-state index contributed by atoms with van der Waals surface area (Å²) in [7, 11) is 0. The molecule has 0 aromatic rings. The van der Waals surface area contributed by atoms with Gasteiger partial charge in [-0.05, 0) is 25.7 Å². The Morgan fingerprint density at radius 1 is 1.33 bits per heavy atom. The highest BCUT2D eigenvalue weighted by molar-refractivity contribution is 5.88. The number of hydrogen-bond acceptors (Lipinski definition) is 2. The van der Waals surface area contributed by atoms with Crippen LogP contribution in [0.2, 0.25) is 0 Å². The molecule has 2 atom stereocenters. The molecule has 1 aliphatic heterocycles. The predicted octanol–water partition coefficient (Wildman–Crippen LogP) is 2.33. The first-order valence-corrected chi connectivity index (χ1v) is 6.74. The van der Waals surface area contributed by atoms with Crippen LogP contribution in [0.5, 0.6) is 0 Å². The fraction of sp³-hybridized carbons (Fsp3) is 0.600. The van der Waals surface area contributed by atoms with Crippen molar-refractivity contribution < 1.29 is 9.59 Å². The maximum absolute atomic E-state index is 12.3. The van der Waals surface area contributed by atoms with Gasteiger partial charge in [0.1, 0.15) is 5.78 Å². The first kappa shape index (κ1) is 13.1. The van der Waals surface area contributed by atoms with Crippen molar-refractivity contribution in [3.8, 4) is 0 Å². The standard InChI is InChI=1S/C15H21NO2/c1-3-5-12(15(18)11-6-7-11)13-8-9-14(17)16(13)10-4-2/h3-4,11-13H,1-2,5-10H2. The number of allylic oxidation sites excluding steroid dienone is 1. The van der Waals surface area contributed by atoms with Gasteiger partial charge in [-0.2, -0.15) is 0 Å². The van der Waals surface area contributed by atoms with Crippen molar-refractivity contribution in [2.75, 3.05) is 6.54 Å². The van der Waals surface area contributed by atoms with E-state index in [0.717, 1.165) is 19.3 Å². The van der Waals surface area contributed by atoms with E-state index in [4.69, 9.17) is 0 Å². The average molecular weight is 247 g/mol. The lowest BCUT2D eigenvalue weighted by Crippen LogP contribution is -2.41. The van der Waals surface area contributed by atoms with E-state index in [0.29, 0.717) is 25.2 Å². The third-order valence-corrected chi connectivity index (χ3v) is 3.93. The molecule has 3 heteroatoms. The van der Waals surface area contributed by atoms with Crippen molar-refractivity contribution in [2.24, 2.45) is 11.8 Å². The summed E-state index contributed by atoms with van der Waals surface area (Å²) in [5, 5.41) is 0. The molecule has 2 fully saturated rings. The molecule has 3 nitrogen and oxygen atoms in total. The number of Topliss-reactive ketones (excluding diaryl/α,β-unsaturated/α-hetero) is 1. The molecule has 0 N–H and O–H groups in total. The van der Waals surface area contributed by atoms with Crippen LogP contribution in [0.4, 0.5) is 0 Å². The quantitative estimate of drug-likeness (QED) is 0.647. The Labute approximate surface area is 109 Å². The fourth-order valence-electron chi connectivity index (χ4n) is 2.86. The lowest BCUT2D eigenvalue weighted by Gasteiger charge is -2.29. The van der Waals surface area contributed by atoms with Crippen molar-refractivity contribution >= 4 is 11.7 Å². The monoisotopic (exact) mass is 247 g/mol. The van der Waals surface area contributed by atoms with Crippen molar-refractivity contribution in [2.45, 2.75) is 38.1 Å². The van der Waals surface area contributed by atoms with Crippen LogP contribution in [0, 0.1) is 11.8 Å². The normalized spacial score (nSPS) is 25.0. The average Bonchev–Trinajstić information content (AvgIpc) is 3.14. The van der Waals surface area contributed by atoms with E-state index in [1.165, 1.54) is 0 Å². The number of ketones is 1. The zero-order valence-corrected chi connectivity index (χ0v) is 10.8. The Balaban J connectivity index is 2.12. The van der Waals surface area contributed by atoms with Crippen LogP contribution in [0.25, 0.3) is 0 Å². The second kappa shape index (κ2) is 5.51. The van der Waals surface area contributed by atoms with Crippen LogP contribution >= 0.6 is 0 Å². The van der Waals surface area contributed by atoms with Gasteiger partial charge in [-0.15, -0.1) is 13.2 Å². The summed E-state index contributed by atoms with van der Waals surface area (Å²) in [5.41, 5.74) is 0. The SMILES string of the molecule is C=CCC(C(=O)C1CC1)C1CCC(=O)N1CC=C. The third-order valence-electron chi connectivity index (χ3n) is 3.93. The number of nitrogens with zero attached hydrogens (tertiary/aromatic N) is 1. The summed E-state index contributed by atoms with van der Waals surface area (Å²) in [5.74, 6) is 0.679. The van der Waals surface area contributed by atoms with E-state index in [9.17, 15) is 9.59 Å². The minimum absolute atomic E-state index is 0.0543. The predicted molar refractivity (Wildman–Crippen MR) is 71.0 cm³/mol. The van der Waals surface area contributed by atoms with E-state index >= 15 is 0 Å². The van der Waals surface area contributed by atoms with Gasteiger partial charge in [-0.3, -0.25) is 9.59 Å². The first-order valence-electron chi connectivity index (χ1n) is 6.74. The second-order valence-electron chi connectivity index (χ2n) is 5.25. The van der Waals surface area contributed by atoms with Gasteiger partial charge in [0, 0.05) is 30.8 Å². The summed E-state index contributed by atoms with van der Waals surface area (Å²) in [6.45, 7) is 7.99. The molecule has 1 aliphatic carbocycles. The van der Waals surface area contributed by atoms with Crippen LogP contribution in [0.1, 0.15) is 32.1 Å². The van der Waals surface area contributed by atoms with Crippen LogP contribution < -0.4 is 0 Å². The molecule has 2 rings (SSSR count). The minimum atomic E-state index is -0.0543. The zero-order valence-electron chi connectivity index (χ0n) is 10.8. The topological polar surface area (TPSA) is 37.4 Å². The molecule has 2 unspecified atom stereocenters. The molecule has 0 radical (unpaired) electrons. The van der Waals surface area contributed by atoms with Crippen molar-refractivity contribution in [3.63, 3.8) is 0 Å². The number of carbonyl (C=O) groups excluding carboxylic acids is 2. The molecule has 2 aliphatic rings. The number of rotatable bonds is 7. The molecule has 1 heterocycles. The highest BCUT2D eigenvalue weighted by Gasteiger charge is 2.43. The summed E-state index contributed by atoms with van der Waals surface area (Å²) in [6, 6.07) is 0.0570. The van der Waals surface area contributed by atoms with Gasteiger partial charge in [0.15, 0.2) is 0 Å². The summed E-state index contributed by atoms with van der Waals surface area (Å²) >= 11 is 0. The Kier molecular flexibility index (Phi) is 4.00. The molecule has 18 heavy (non-hydrogen) atoms. The van der Waals surface area contributed by atoms with Crippen molar-refractivity contribution in [3.05, 3.63) is 25.3 Å². The highest BCUT2D eigenvalue weighted by atomic mass is 16.2. The molecular formula is C15H21NO2. The molecule has 0 bridgehead atoms. The molecule has 98 valence electrons. The minimum Gasteiger partial charge on any atom is -0.335 e. The van der Waals surface area contributed by atoms with Crippen LogP contribution in [-0.4, -0.2) is 29.2 Å². The molecule has 0 aromatic heterocycles. The first-order chi connectivity index (χ1) is 8.69. The van der Waals surface area contributed by atoms with Crippen LogP contribution in [-0.2, 0) is 9.59 Å². The Morgan fingerprint density at radius 3 is 2.61 bits per heavy atom. The molecule has 0 aromatic carbocycles. The van der Waals surface area contributed by atoms with Crippen LogP contribution in [0.3, 0.4) is 0 Å². The Morgan fingerprint density at radius 2 is 2.06 bits per heavy atom. The van der Waals surface area contributed by atoms with E-state index in [1.54, 1.807) is 12.2 Å². The van der Waals surface area contributed by atoms with Gasteiger partial charge in [0.25, 0.3) is 0 Å². The maximum atomic E-state index is 12.3. The molecule has 1 saturated heterocycles. The third kappa shape index (κ3) is 2.55. The second-order valence-corrected chi connectivity index (χ2v) is 5.25. The number of amides is 1. The fourth-order valence-corrected chi connectivity index (χ4v) is 2.86. The molecule has 0 spiro atoms. The highest BCUT2D eigenvalue weighted by Crippen LogP contribution is 2.37.